The van der Waals surface area contributed by atoms with Crippen LogP contribution >= 0.6 is 11.8 Å². The number of aliphatic carboxylic acids is 1. The Hall–Kier alpha value is -2.02. The van der Waals surface area contributed by atoms with E-state index in [-0.39, 0.29) is 5.97 Å². The lowest BCUT2D eigenvalue weighted by molar-refractivity contribution is -0.173. The first-order valence-electron chi connectivity index (χ1n) is 13.2. The number of ether oxygens (including phenoxy) is 1. The fourth-order valence-electron chi connectivity index (χ4n) is 5.30. The topological polar surface area (TPSA) is 107 Å². The second-order valence-electron chi connectivity index (χ2n) is 10.1. The second kappa shape index (κ2) is 14.5. The van der Waals surface area contributed by atoms with Crippen LogP contribution in [-0.4, -0.2) is 34.3 Å². The SMILES string of the molecule is CCCCCCCCCCCC(C[C@@H]1OC(=O)[C@H]1Sc1ccccc1)[C@@](C(N)=O)(C(=O)O)C(C)C. The van der Waals surface area contributed by atoms with Crippen molar-refractivity contribution in [2.45, 2.75) is 108 Å². The highest BCUT2D eigenvalue weighted by atomic mass is 32.2. The molecule has 4 atom stereocenters. The molecule has 0 bridgehead atoms. The fourth-order valence-corrected chi connectivity index (χ4v) is 6.37. The third-order valence-corrected chi connectivity index (χ3v) is 8.63. The molecule has 2 rings (SSSR count). The van der Waals surface area contributed by atoms with Crippen molar-refractivity contribution < 1.29 is 24.2 Å². The molecule has 1 aromatic rings. The van der Waals surface area contributed by atoms with Crippen LogP contribution in [0.3, 0.4) is 0 Å². The number of carbonyl (C=O) groups is 3. The molecule has 35 heavy (non-hydrogen) atoms. The van der Waals surface area contributed by atoms with Crippen molar-refractivity contribution in [3.63, 3.8) is 0 Å². The Morgan fingerprint density at radius 3 is 2.09 bits per heavy atom. The lowest BCUT2D eigenvalue weighted by Crippen LogP contribution is -2.56. The number of thioether (sulfide) groups is 1. The predicted octanol–water partition coefficient (Wildman–Crippen LogP) is 6.21. The molecule has 0 spiro atoms. The Balaban J connectivity index is 2.06. The average Bonchev–Trinajstić information content (AvgIpc) is 2.81. The summed E-state index contributed by atoms with van der Waals surface area (Å²) in [6.45, 7) is 5.69. The van der Waals surface area contributed by atoms with Crippen molar-refractivity contribution in [1.29, 1.82) is 0 Å². The molecule has 1 aromatic carbocycles. The number of hydrogen-bond donors (Lipinski definition) is 2. The van der Waals surface area contributed by atoms with E-state index in [0.29, 0.717) is 12.8 Å². The molecule has 1 aliphatic heterocycles. The summed E-state index contributed by atoms with van der Waals surface area (Å²) in [5, 5.41) is 9.81. The number of unbranched alkanes of at least 4 members (excludes halogenated alkanes) is 8. The predicted molar refractivity (Wildman–Crippen MR) is 140 cm³/mol. The molecule has 1 fully saturated rings. The van der Waals surface area contributed by atoms with E-state index in [4.69, 9.17) is 10.5 Å². The maximum absolute atomic E-state index is 12.7. The highest BCUT2D eigenvalue weighted by Gasteiger charge is 2.56. The highest BCUT2D eigenvalue weighted by molar-refractivity contribution is 8.00. The van der Waals surface area contributed by atoms with Gasteiger partial charge in [0.1, 0.15) is 11.4 Å². The quantitative estimate of drug-likeness (QED) is 0.139. The molecule has 1 amide bonds. The minimum Gasteiger partial charge on any atom is -0.480 e. The zero-order valence-corrected chi connectivity index (χ0v) is 22.4. The monoisotopic (exact) mass is 505 g/mol. The Kier molecular flexibility index (Phi) is 12.1. The van der Waals surface area contributed by atoms with Crippen LogP contribution in [0.1, 0.15) is 91.4 Å². The van der Waals surface area contributed by atoms with E-state index >= 15 is 0 Å². The van der Waals surface area contributed by atoms with Crippen molar-refractivity contribution in [3.05, 3.63) is 30.3 Å². The first kappa shape index (κ1) is 29.2. The van der Waals surface area contributed by atoms with Gasteiger partial charge in [-0.25, -0.2) is 0 Å². The fraction of sp³-hybridized carbons (Fsp3) is 0.679. The Labute approximate surface area is 214 Å². The normalized spacial score (nSPS) is 20.1. The van der Waals surface area contributed by atoms with Gasteiger partial charge in [0.15, 0.2) is 5.41 Å². The zero-order valence-electron chi connectivity index (χ0n) is 21.5. The number of carbonyl (C=O) groups excluding carboxylic acids is 2. The van der Waals surface area contributed by atoms with Gasteiger partial charge in [-0.1, -0.05) is 96.8 Å². The maximum Gasteiger partial charge on any atom is 0.323 e. The van der Waals surface area contributed by atoms with Crippen LogP contribution in [0.5, 0.6) is 0 Å². The van der Waals surface area contributed by atoms with Crippen LogP contribution in [0.2, 0.25) is 0 Å². The van der Waals surface area contributed by atoms with E-state index in [1.54, 1.807) is 13.8 Å². The van der Waals surface area contributed by atoms with Crippen LogP contribution in [0.15, 0.2) is 35.2 Å². The minimum absolute atomic E-state index is 0.296. The zero-order chi connectivity index (χ0) is 25.8. The summed E-state index contributed by atoms with van der Waals surface area (Å²) >= 11 is 1.43. The van der Waals surface area contributed by atoms with Gasteiger partial charge < -0.3 is 15.6 Å². The van der Waals surface area contributed by atoms with Crippen LogP contribution < -0.4 is 5.73 Å². The molecular weight excluding hydrogens is 462 g/mol. The largest absolute Gasteiger partial charge is 0.480 e. The molecule has 0 saturated carbocycles. The molecule has 0 aliphatic carbocycles. The number of benzene rings is 1. The number of hydrogen-bond acceptors (Lipinski definition) is 5. The summed E-state index contributed by atoms with van der Waals surface area (Å²) in [4.78, 5) is 38.4. The standard InChI is InChI=1S/C28H43NO5S/c1-4-5-6-7-8-9-10-11-13-16-21(28(20(2)3,26(29)31)27(32)33)19-23-24(25(30)34-23)35-22-17-14-12-15-18-22/h12,14-15,17-18,20-21,23-24H,4-11,13,16,19H2,1-3H3,(H2,29,31)(H,32,33)/t21?,23-,24-,28-/m0/s1. The van der Waals surface area contributed by atoms with Gasteiger partial charge in [0, 0.05) is 4.90 Å². The molecule has 1 saturated heterocycles. The molecule has 196 valence electrons. The molecule has 1 unspecified atom stereocenters. The van der Waals surface area contributed by atoms with E-state index in [1.165, 1.54) is 50.3 Å². The van der Waals surface area contributed by atoms with Crippen molar-refractivity contribution in [2.24, 2.45) is 23.0 Å². The van der Waals surface area contributed by atoms with Gasteiger partial charge in [0.05, 0.1) is 0 Å². The van der Waals surface area contributed by atoms with E-state index < -0.39 is 40.5 Å². The molecule has 1 aliphatic rings. The van der Waals surface area contributed by atoms with Gasteiger partial charge in [0.25, 0.3) is 0 Å². The summed E-state index contributed by atoms with van der Waals surface area (Å²) in [7, 11) is 0. The maximum atomic E-state index is 12.7. The van der Waals surface area contributed by atoms with Crippen LogP contribution in [0, 0.1) is 17.3 Å². The van der Waals surface area contributed by atoms with E-state index in [1.807, 2.05) is 30.3 Å². The third kappa shape index (κ3) is 7.73. The summed E-state index contributed by atoms with van der Waals surface area (Å²) in [6.07, 6.45) is 10.8. The number of amides is 1. The van der Waals surface area contributed by atoms with Crippen molar-refractivity contribution >= 4 is 29.6 Å². The van der Waals surface area contributed by atoms with Crippen molar-refractivity contribution in [2.75, 3.05) is 0 Å². The first-order chi connectivity index (χ1) is 16.7. The number of rotatable bonds is 18. The Morgan fingerprint density at radius 1 is 1.03 bits per heavy atom. The summed E-state index contributed by atoms with van der Waals surface area (Å²) < 4.78 is 5.48. The van der Waals surface area contributed by atoms with Crippen LogP contribution in [-0.2, 0) is 19.1 Å². The molecule has 6 nitrogen and oxygen atoms in total. The minimum atomic E-state index is -1.69. The van der Waals surface area contributed by atoms with Gasteiger partial charge >= 0.3 is 11.9 Å². The summed E-state index contributed by atoms with van der Waals surface area (Å²) in [6, 6.07) is 9.61. The molecule has 1 heterocycles. The van der Waals surface area contributed by atoms with Gasteiger partial charge in [-0.3, -0.25) is 14.4 Å². The van der Waals surface area contributed by atoms with Gasteiger partial charge in [-0.2, -0.15) is 0 Å². The molecule has 3 N–H and O–H groups in total. The van der Waals surface area contributed by atoms with Crippen LogP contribution in [0.4, 0.5) is 0 Å². The van der Waals surface area contributed by atoms with E-state index in [2.05, 4.69) is 6.92 Å². The van der Waals surface area contributed by atoms with Crippen molar-refractivity contribution in [3.8, 4) is 0 Å². The van der Waals surface area contributed by atoms with E-state index in [0.717, 1.165) is 24.2 Å². The number of carboxylic acid groups (broad SMARTS) is 1. The number of nitrogens with two attached hydrogens (primary N) is 1. The number of carboxylic acids is 1. The average molecular weight is 506 g/mol. The van der Waals surface area contributed by atoms with Gasteiger partial charge in [0.2, 0.25) is 5.91 Å². The number of cyclic esters (lactones) is 1. The Bertz CT molecular complexity index is 799. The summed E-state index contributed by atoms with van der Waals surface area (Å²) in [5.41, 5.74) is 4.08. The highest BCUT2D eigenvalue weighted by Crippen LogP contribution is 2.45. The summed E-state index contributed by atoms with van der Waals surface area (Å²) in [5.74, 6) is -3.26. The first-order valence-corrected chi connectivity index (χ1v) is 14.1. The molecule has 0 radical (unpaired) electrons. The van der Waals surface area contributed by atoms with E-state index in [9.17, 15) is 19.5 Å². The second-order valence-corrected chi connectivity index (χ2v) is 11.3. The van der Waals surface area contributed by atoms with Crippen LogP contribution in [0.25, 0.3) is 0 Å². The third-order valence-electron chi connectivity index (χ3n) is 7.33. The molecule has 7 heteroatoms. The number of esters is 1. The smallest absolute Gasteiger partial charge is 0.323 e. The Morgan fingerprint density at radius 2 is 1.60 bits per heavy atom. The lowest BCUT2D eigenvalue weighted by Gasteiger charge is -2.43. The van der Waals surface area contributed by atoms with Crippen molar-refractivity contribution in [1.82, 2.24) is 0 Å². The lowest BCUT2D eigenvalue weighted by atomic mass is 9.63. The molecule has 0 aromatic heterocycles. The molecular formula is C28H43NO5S. The van der Waals surface area contributed by atoms with Gasteiger partial charge in [-0.15, -0.1) is 11.8 Å². The number of primary amides is 1. The van der Waals surface area contributed by atoms with Gasteiger partial charge in [-0.05, 0) is 36.8 Å².